The van der Waals surface area contributed by atoms with Gasteiger partial charge in [0.15, 0.2) is 0 Å². The van der Waals surface area contributed by atoms with Crippen molar-refractivity contribution < 1.29 is 19.1 Å². The first-order chi connectivity index (χ1) is 14.7. The summed E-state index contributed by atoms with van der Waals surface area (Å²) in [6.07, 6.45) is 0. The Kier molecular flexibility index (Phi) is 6.81. The Labute approximate surface area is 188 Å². The molecule has 0 bridgehead atoms. The minimum atomic E-state index is -0.383. The lowest BCUT2D eigenvalue weighted by Crippen LogP contribution is -2.24. The van der Waals surface area contributed by atoms with Crippen LogP contribution in [-0.2, 0) is 9.53 Å². The first-order valence-electron chi connectivity index (χ1n) is 9.42. The average molecular weight is 488 g/mol. The quantitative estimate of drug-likeness (QED) is 0.466. The summed E-state index contributed by atoms with van der Waals surface area (Å²) in [5.74, 6) is -0.976. The van der Waals surface area contributed by atoms with Crippen LogP contribution in [0.3, 0.4) is 0 Å². The topological polar surface area (TPSA) is 104 Å². The molecule has 0 fully saturated rings. The van der Waals surface area contributed by atoms with Gasteiger partial charge in [-0.3, -0.25) is 19.3 Å². The van der Waals surface area contributed by atoms with Gasteiger partial charge >= 0.3 is 0 Å². The number of anilines is 2. The molecule has 3 rings (SSSR count). The molecule has 3 amide bonds. The van der Waals surface area contributed by atoms with Gasteiger partial charge in [-0.1, -0.05) is 0 Å². The van der Waals surface area contributed by atoms with E-state index in [1.165, 1.54) is 20.0 Å². The lowest BCUT2D eigenvalue weighted by molar-refractivity contribution is -0.114. The summed E-state index contributed by atoms with van der Waals surface area (Å²) < 4.78 is 5.64. The molecular weight excluding hydrogens is 466 g/mol. The van der Waals surface area contributed by atoms with Crippen LogP contribution in [0.15, 0.2) is 45.0 Å². The van der Waals surface area contributed by atoms with Crippen LogP contribution in [0, 0.1) is 0 Å². The average Bonchev–Trinajstić information content (AvgIpc) is 2.94. The summed E-state index contributed by atoms with van der Waals surface area (Å²) in [7, 11) is 4.99. The molecule has 31 heavy (non-hydrogen) atoms. The summed E-state index contributed by atoms with van der Waals surface area (Å²) in [6, 6.07) is 8.51. The number of hydrogen-bond donors (Lipinski definition) is 1. The van der Waals surface area contributed by atoms with Gasteiger partial charge < -0.3 is 15.0 Å². The van der Waals surface area contributed by atoms with Gasteiger partial charge in [-0.05, 0) is 46.3 Å². The molecule has 0 aliphatic carbocycles. The number of carbonyl (C=O) groups is 3. The van der Waals surface area contributed by atoms with E-state index in [1.807, 2.05) is 18.0 Å². The maximum absolute atomic E-state index is 12.3. The minimum Gasteiger partial charge on any atom is -0.383 e. The molecule has 0 atom stereocenters. The molecule has 0 saturated carbocycles. The Balaban J connectivity index is 1.94. The Morgan fingerprint density at radius 2 is 1.77 bits per heavy atom. The lowest BCUT2D eigenvalue weighted by Gasteiger charge is -2.20. The zero-order valence-electron chi connectivity index (χ0n) is 17.6. The number of azo groups is 1. The van der Waals surface area contributed by atoms with Crippen molar-refractivity contribution in [2.24, 2.45) is 10.2 Å². The number of ether oxygens (including phenoxy) is 1. The molecule has 2 aromatic carbocycles. The number of amides is 3. The zero-order valence-corrected chi connectivity index (χ0v) is 19.2. The third-order valence-electron chi connectivity index (χ3n) is 4.78. The van der Waals surface area contributed by atoms with Gasteiger partial charge in [-0.15, -0.1) is 10.2 Å². The number of hydrogen-bond acceptors (Lipinski definition) is 7. The van der Waals surface area contributed by atoms with E-state index in [-0.39, 0.29) is 23.3 Å². The molecule has 1 N–H and O–H groups in total. The molecule has 0 spiro atoms. The van der Waals surface area contributed by atoms with Gasteiger partial charge in [-0.2, -0.15) is 0 Å². The van der Waals surface area contributed by atoms with E-state index in [0.717, 1.165) is 10.6 Å². The number of likely N-dealkylation sites (N-methyl/N-ethyl adjacent to an activating group) is 1. The lowest BCUT2D eigenvalue weighted by atomic mass is 10.1. The highest BCUT2D eigenvalue weighted by Crippen LogP contribution is 2.36. The molecular formula is C21H22BrN5O4. The standard InChI is InChI=1S/C21H22BrN5O4/c1-12(28)23-19-9-13(26(2)7-8-31-4)5-6-17(19)24-25-18-11-15-14(10-16(18)22)20(29)27(3)21(15)30/h5-6,9-11H,7-8H2,1-4H3,(H,23,28). The van der Waals surface area contributed by atoms with Crippen molar-refractivity contribution in [2.45, 2.75) is 6.92 Å². The predicted octanol–water partition coefficient (Wildman–Crippen LogP) is 4.13. The number of benzene rings is 2. The fraction of sp³-hybridized carbons (Fsp3) is 0.286. The van der Waals surface area contributed by atoms with Gasteiger partial charge in [-0.25, -0.2) is 0 Å². The van der Waals surface area contributed by atoms with E-state index in [1.54, 1.807) is 25.3 Å². The van der Waals surface area contributed by atoms with Gasteiger partial charge in [0, 0.05) is 44.8 Å². The molecule has 10 heteroatoms. The highest BCUT2D eigenvalue weighted by Gasteiger charge is 2.33. The van der Waals surface area contributed by atoms with Crippen LogP contribution in [0.1, 0.15) is 27.6 Å². The number of halogens is 1. The molecule has 1 heterocycles. The monoisotopic (exact) mass is 487 g/mol. The molecule has 1 aliphatic rings. The van der Waals surface area contributed by atoms with Crippen LogP contribution in [0.25, 0.3) is 0 Å². The van der Waals surface area contributed by atoms with E-state index in [0.29, 0.717) is 40.2 Å². The summed E-state index contributed by atoms with van der Waals surface area (Å²) in [6.45, 7) is 2.66. The van der Waals surface area contributed by atoms with E-state index < -0.39 is 0 Å². The first kappa shape index (κ1) is 22.6. The second-order valence-electron chi connectivity index (χ2n) is 7.02. The van der Waals surface area contributed by atoms with Crippen LogP contribution in [-0.4, -0.2) is 57.0 Å². The predicted molar refractivity (Wildman–Crippen MR) is 121 cm³/mol. The minimum absolute atomic E-state index is 0.237. The van der Waals surface area contributed by atoms with Crippen molar-refractivity contribution in [3.63, 3.8) is 0 Å². The largest absolute Gasteiger partial charge is 0.383 e. The SMILES string of the molecule is COCCN(C)c1ccc(N=Nc2cc3c(cc2Br)C(=O)N(C)C3=O)c(NC(C)=O)c1. The van der Waals surface area contributed by atoms with Crippen molar-refractivity contribution >= 4 is 56.4 Å². The molecule has 1 aliphatic heterocycles. The van der Waals surface area contributed by atoms with Crippen LogP contribution in [0.5, 0.6) is 0 Å². The van der Waals surface area contributed by atoms with E-state index in [4.69, 9.17) is 4.74 Å². The Hall–Kier alpha value is -3.11. The summed E-state index contributed by atoms with van der Waals surface area (Å²) in [5.41, 5.74) is 2.82. The van der Waals surface area contributed by atoms with Crippen LogP contribution in [0.2, 0.25) is 0 Å². The summed E-state index contributed by atoms with van der Waals surface area (Å²) in [5, 5.41) is 11.3. The van der Waals surface area contributed by atoms with Crippen molar-refractivity contribution in [2.75, 3.05) is 44.6 Å². The van der Waals surface area contributed by atoms with Crippen LogP contribution in [0.4, 0.5) is 22.7 Å². The third-order valence-corrected chi connectivity index (χ3v) is 5.42. The second-order valence-corrected chi connectivity index (χ2v) is 7.87. The first-order valence-corrected chi connectivity index (χ1v) is 10.2. The fourth-order valence-electron chi connectivity index (χ4n) is 3.05. The number of nitrogens with zero attached hydrogens (tertiary/aromatic N) is 4. The molecule has 0 radical (unpaired) electrons. The highest BCUT2D eigenvalue weighted by molar-refractivity contribution is 9.10. The Morgan fingerprint density at radius 3 is 2.42 bits per heavy atom. The molecule has 0 saturated heterocycles. The van der Waals surface area contributed by atoms with Crippen LogP contribution < -0.4 is 10.2 Å². The number of rotatable bonds is 7. The van der Waals surface area contributed by atoms with Gasteiger partial charge in [0.05, 0.1) is 23.4 Å². The van der Waals surface area contributed by atoms with Gasteiger partial charge in [0.1, 0.15) is 11.4 Å². The Morgan fingerprint density at radius 1 is 1.13 bits per heavy atom. The smallest absolute Gasteiger partial charge is 0.261 e. The second kappa shape index (κ2) is 9.36. The van der Waals surface area contributed by atoms with E-state index in [9.17, 15) is 14.4 Å². The van der Waals surface area contributed by atoms with Crippen molar-refractivity contribution in [3.05, 3.63) is 45.9 Å². The van der Waals surface area contributed by atoms with E-state index in [2.05, 4.69) is 31.5 Å². The molecule has 0 unspecified atom stereocenters. The van der Waals surface area contributed by atoms with Gasteiger partial charge in [0.2, 0.25) is 5.91 Å². The van der Waals surface area contributed by atoms with Crippen LogP contribution >= 0.6 is 15.9 Å². The maximum atomic E-state index is 12.3. The summed E-state index contributed by atoms with van der Waals surface area (Å²) >= 11 is 3.38. The molecule has 0 aromatic heterocycles. The Bertz CT molecular complexity index is 1090. The number of fused-ring (bicyclic) bond motifs is 1. The highest BCUT2D eigenvalue weighted by atomic mass is 79.9. The van der Waals surface area contributed by atoms with Crippen molar-refractivity contribution in [3.8, 4) is 0 Å². The normalized spacial score (nSPS) is 13.1. The number of imide groups is 1. The van der Waals surface area contributed by atoms with Crippen molar-refractivity contribution in [1.29, 1.82) is 0 Å². The molecule has 9 nitrogen and oxygen atoms in total. The number of nitrogens with one attached hydrogen (secondary N) is 1. The molecule has 162 valence electrons. The maximum Gasteiger partial charge on any atom is 0.261 e. The summed E-state index contributed by atoms with van der Waals surface area (Å²) in [4.78, 5) is 39.1. The molecule has 2 aromatic rings. The number of methoxy groups -OCH3 is 1. The van der Waals surface area contributed by atoms with Crippen molar-refractivity contribution in [1.82, 2.24) is 4.90 Å². The van der Waals surface area contributed by atoms with Gasteiger partial charge in [0.25, 0.3) is 11.8 Å². The fourth-order valence-corrected chi connectivity index (χ4v) is 3.47. The number of carbonyl (C=O) groups excluding carboxylic acids is 3. The third kappa shape index (κ3) is 4.80. The van der Waals surface area contributed by atoms with E-state index >= 15 is 0 Å². The zero-order chi connectivity index (χ0) is 22.7.